The normalized spacial score (nSPS) is 16.8. The standard InChI is InChI=1S/C20H25N7O.C3H6O2/c21-15-3-1-14(2-4-15)18-24-19(26-9-11-28-12-10-26)17-13-23-27(20(17)25-18)16-5-7-22-8-6-16;1-2-5-3-4/h1-4,13,16,22H,5-12,21H2;3H,2H2,1H3. The molecule has 10 heteroatoms. The average molecular weight is 454 g/mol. The van der Waals surface area contributed by atoms with Crippen molar-refractivity contribution in [2.75, 3.05) is 56.6 Å². The van der Waals surface area contributed by atoms with Crippen molar-refractivity contribution >= 4 is 29.0 Å². The molecule has 2 fully saturated rings. The van der Waals surface area contributed by atoms with Gasteiger partial charge in [-0.2, -0.15) is 5.10 Å². The van der Waals surface area contributed by atoms with Crippen LogP contribution in [0.1, 0.15) is 25.8 Å². The molecule has 0 unspecified atom stereocenters. The summed E-state index contributed by atoms with van der Waals surface area (Å²) in [5.74, 6) is 1.66. The maximum atomic E-state index is 9.18. The van der Waals surface area contributed by atoms with Crippen LogP contribution in [0.3, 0.4) is 0 Å². The van der Waals surface area contributed by atoms with Crippen molar-refractivity contribution in [1.82, 2.24) is 25.1 Å². The molecule has 2 saturated heterocycles. The van der Waals surface area contributed by atoms with Crippen LogP contribution >= 0.6 is 0 Å². The molecule has 3 aromatic rings. The molecule has 0 spiro atoms. The van der Waals surface area contributed by atoms with Gasteiger partial charge in [0.2, 0.25) is 0 Å². The van der Waals surface area contributed by atoms with Crippen molar-refractivity contribution in [2.45, 2.75) is 25.8 Å². The molecule has 0 saturated carbocycles. The lowest BCUT2D eigenvalue weighted by atomic mass is 10.1. The lowest BCUT2D eigenvalue weighted by Crippen LogP contribution is -2.37. The van der Waals surface area contributed by atoms with E-state index >= 15 is 0 Å². The lowest BCUT2D eigenvalue weighted by Gasteiger charge is -2.28. The number of piperidine rings is 1. The molecule has 0 amide bonds. The molecule has 176 valence electrons. The number of rotatable bonds is 5. The zero-order valence-electron chi connectivity index (χ0n) is 18.9. The summed E-state index contributed by atoms with van der Waals surface area (Å²) >= 11 is 0. The summed E-state index contributed by atoms with van der Waals surface area (Å²) < 4.78 is 11.8. The monoisotopic (exact) mass is 453 g/mol. The van der Waals surface area contributed by atoms with E-state index < -0.39 is 0 Å². The third kappa shape index (κ3) is 5.40. The van der Waals surface area contributed by atoms with Crippen LogP contribution in [0.4, 0.5) is 11.5 Å². The van der Waals surface area contributed by atoms with Crippen LogP contribution in [0.2, 0.25) is 0 Å². The molecular formula is C23H31N7O3. The second-order valence-corrected chi connectivity index (χ2v) is 7.95. The van der Waals surface area contributed by atoms with Crippen molar-refractivity contribution < 1.29 is 14.3 Å². The summed E-state index contributed by atoms with van der Waals surface area (Å²) in [6.45, 7) is 7.77. The number of carbonyl (C=O) groups excluding carboxylic acids is 1. The Morgan fingerprint density at radius 1 is 1.18 bits per heavy atom. The van der Waals surface area contributed by atoms with Gasteiger partial charge in [0.25, 0.3) is 6.47 Å². The van der Waals surface area contributed by atoms with E-state index in [9.17, 15) is 4.79 Å². The molecule has 5 rings (SSSR count). The number of nitrogens with zero attached hydrogens (tertiary/aromatic N) is 5. The highest BCUT2D eigenvalue weighted by atomic mass is 16.5. The third-order valence-electron chi connectivity index (χ3n) is 5.80. The van der Waals surface area contributed by atoms with Crippen LogP contribution < -0.4 is 16.0 Å². The largest absolute Gasteiger partial charge is 0.468 e. The molecule has 10 nitrogen and oxygen atoms in total. The van der Waals surface area contributed by atoms with Crippen LogP contribution in [0, 0.1) is 0 Å². The number of benzene rings is 1. The summed E-state index contributed by atoms with van der Waals surface area (Å²) in [4.78, 5) is 21.3. The molecule has 0 atom stereocenters. The maximum absolute atomic E-state index is 9.18. The molecule has 0 bridgehead atoms. The fraction of sp³-hybridized carbons (Fsp3) is 0.478. The highest BCUT2D eigenvalue weighted by Crippen LogP contribution is 2.31. The number of morpholine rings is 1. The second-order valence-electron chi connectivity index (χ2n) is 7.95. The number of anilines is 2. The molecule has 0 aliphatic carbocycles. The molecule has 1 aromatic carbocycles. The predicted molar refractivity (Wildman–Crippen MR) is 127 cm³/mol. The summed E-state index contributed by atoms with van der Waals surface area (Å²) in [6.07, 6.45) is 4.05. The lowest BCUT2D eigenvalue weighted by molar-refractivity contribution is -0.128. The fourth-order valence-electron chi connectivity index (χ4n) is 4.07. The molecule has 2 aromatic heterocycles. The maximum Gasteiger partial charge on any atom is 0.293 e. The van der Waals surface area contributed by atoms with Crippen LogP contribution in [0.25, 0.3) is 22.4 Å². The average Bonchev–Trinajstić information content (AvgIpc) is 3.30. The number of ether oxygens (including phenoxy) is 2. The molecule has 2 aliphatic rings. The van der Waals surface area contributed by atoms with E-state index in [1.807, 2.05) is 30.5 Å². The summed E-state index contributed by atoms with van der Waals surface area (Å²) in [5, 5.41) is 9.17. The van der Waals surface area contributed by atoms with Crippen LogP contribution in [0.5, 0.6) is 0 Å². The van der Waals surface area contributed by atoms with Crippen molar-refractivity contribution in [3.8, 4) is 11.4 Å². The predicted octanol–water partition coefficient (Wildman–Crippen LogP) is 2.02. The first-order valence-electron chi connectivity index (χ1n) is 11.4. The zero-order chi connectivity index (χ0) is 23.0. The smallest absolute Gasteiger partial charge is 0.293 e. The minimum absolute atomic E-state index is 0.366. The topological polar surface area (TPSA) is 120 Å². The van der Waals surface area contributed by atoms with E-state index in [-0.39, 0.29) is 0 Å². The quantitative estimate of drug-likeness (QED) is 0.441. The van der Waals surface area contributed by atoms with E-state index in [1.165, 1.54) is 0 Å². The number of fused-ring (bicyclic) bond motifs is 1. The Kier molecular flexibility index (Phi) is 7.69. The van der Waals surface area contributed by atoms with E-state index in [4.69, 9.17) is 25.5 Å². The number of hydrogen-bond donors (Lipinski definition) is 2. The van der Waals surface area contributed by atoms with Crippen molar-refractivity contribution in [2.24, 2.45) is 0 Å². The van der Waals surface area contributed by atoms with E-state index in [0.717, 1.165) is 67.1 Å². The van der Waals surface area contributed by atoms with Gasteiger partial charge in [-0.05, 0) is 57.1 Å². The van der Waals surface area contributed by atoms with Crippen molar-refractivity contribution in [3.63, 3.8) is 0 Å². The third-order valence-corrected chi connectivity index (χ3v) is 5.80. The van der Waals surface area contributed by atoms with E-state index in [0.29, 0.717) is 38.2 Å². The number of nitrogen functional groups attached to an aromatic ring is 1. The SMILES string of the molecule is CCOC=O.Nc1ccc(-c2nc(N3CCOCC3)c3cnn(C4CCNCC4)c3n2)cc1. The first-order chi connectivity index (χ1) is 16.2. The molecule has 0 radical (unpaired) electrons. The summed E-state index contributed by atoms with van der Waals surface area (Å²) in [7, 11) is 0. The minimum atomic E-state index is 0.366. The van der Waals surface area contributed by atoms with Crippen LogP contribution in [0.15, 0.2) is 30.5 Å². The Bertz CT molecular complexity index is 1040. The first-order valence-corrected chi connectivity index (χ1v) is 11.4. The van der Waals surface area contributed by atoms with Crippen LogP contribution in [-0.2, 0) is 14.3 Å². The Hall–Kier alpha value is -3.24. The fourth-order valence-corrected chi connectivity index (χ4v) is 4.07. The molecule has 4 heterocycles. The summed E-state index contributed by atoms with van der Waals surface area (Å²) in [6, 6.07) is 8.10. The van der Waals surface area contributed by atoms with Gasteiger partial charge in [0.15, 0.2) is 11.5 Å². The second kappa shape index (κ2) is 11.1. The van der Waals surface area contributed by atoms with Gasteiger partial charge >= 0.3 is 0 Å². The Morgan fingerprint density at radius 3 is 2.55 bits per heavy atom. The van der Waals surface area contributed by atoms with Gasteiger partial charge in [0.05, 0.1) is 37.4 Å². The molecule has 33 heavy (non-hydrogen) atoms. The van der Waals surface area contributed by atoms with Crippen molar-refractivity contribution in [1.29, 1.82) is 0 Å². The number of nitrogens with two attached hydrogens (primary N) is 1. The summed E-state index contributed by atoms with van der Waals surface area (Å²) in [5.41, 5.74) is 8.47. The Labute approximate surface area is 193 Å². The van der Waals surface area contributed by atoms with Gasteiger partial charge in [0, 0.05) is 24.3 Å². The van der Waals surface area contributed by atoms with E-state index in [2.05, 4.69) is 19.6 Å². The van der Waals surface area contributed by atoms with Gasteiger partial charge in [-0.15, -0.1) is 0 Å². The highest BCUT2D eigenvalue weighted by Gasteiger charge is 2.24. The van der Waals surface area contributed by atoms with Gasteiger partial charge < -0.3 is 25.4 Å². The number of carbonyl (C=O) groups is 1. The first kappa shape index (κ1) is 22.9. The molecular weight excluding hydrogens is 422 g/mol. The minimum Gasteiger partial charge on any atom is -0.468 e. The van der Waals surface area contributed by atoms with Gasteiger partial charge in [-0.25, -0.2) is 14.6 Å². The Balaban J connectivity index is 0.000000471. The highest BCUT2D eigenvalue weighted by molar-refractivity contribution is 5.89. The van der Waals surface area contributed by atoms with Crippen LogP contribution in [-0.4, -0.2) is 72.2 Å². The Morgan fingerprint density at radius 2 is 1.91 bits per heavy atom. The molecule has 3 N–H and O–H groups in total. The van der Waals surface area contributed by atoms with Gasteiger partial charge in [0.1, 0.15) is 5.82 Å². The molecule has 2 aliphatic heterocycles. The van der Waals surface area contributed by atoms with E-state index in [1.54, 1.807) is 6.92 Å². The van der Waals surface area contributed by atoms with Crippen molar-refractivity contribution in [3.05, 3.63) is 30.5 Å². The van der Waals surface area contributed by atoms with Gasteiger partial charge in [-0.1, -0.05) is 0 Å². The zero-order valence-corrected chi connectivity index (χ0v) is 18.9. The number of nitrogens with one attached hydrogen (secondary N) is 1. The number of hydrogen-bond acceptors (Lipinski definition) is 9. The number of aromatic nitrogens is 4. The van der Waals surface area contributed by atoms with Gasteiger partial charge in [-0.3, -0.25) is 4.79 Å².